The van der Waals surface area contributed by atoms with Gasteiger partial charge in [-0.15, -0.1) is 0 Å². The molecule has 114 valence electrons. The fourth-order valence-corrected chi connectivity index (χ4v) is 2.94. The highest BCUT2D eigenvalue weighted by Crippen LogP contribution is 2.30. The van der Waals surface area contributed by atoms with Gasteiger partial charge in [0.25, 0.3) is 0 Å². The Morgan fingerprint density at radius 2 is 1.95 bits per heavy atom. The van der Waals surface area contributed by atoms with E-state index in [2.05, 4.69) is 10.6 Å². The normalized spacial score (nSPS) is 18.4. The number of nitrogens with one attached hydrogen (secondary N) is 2. The summed E-state index contributed by atoms with van der Waals surface area (Å²) in [6.45, 7) is 4.09. The Labute approximate surface area is 130 Å². The summed E-state index contributed by atoms with van der Waals surface area (Å²) in [7, 11) is 0. The van der Waals surface area contributed by atoms with Gasteiger partial charge in [-0.05, 0) is 37.0 Å². The smallest absolute Gasteiger partial charge is 0.243 e. The van der Waals surface area contributed by atoms with E-state index in [4.69, 9.17) is 11.6 Å². The largest absolute Gasteiger partial charge is 0.345 e. The molecule has 5 heteroatoms. The van der Waals surface area contributed by atoms with Crippen molar-refractivity contribution in [2.75, 3.05) is 0 Å². The molecule has 0 spiro atoms. The minimum atomic E-state index is -0.422. The monoisotopic (exact) mass is 308 g/mol. The SMILES string of the molecule is CCC(CC)(NC(=O)[C@H]1CCC(=O)N1)c1ccc(Cl)cc1. The highest BCUT2D eigenvalue weighted by atomic mass is 35.5. The number of benzene rings is 1. The van der Waals surface area contributed by atoms with Gasteiger partial charge in [-0.3, -0.25) is 9.59 Å². The fraction of sp³-hybridized carbons (Fsp3) is 0.500. The lowest BCUT2D eigenvalue weighted by atomic mass is 9.84. The van der Waals surface area contributed by atoms with Crippen molar-refractivity contribution in [2.24, 2.45) is 0 Å². The van der Waals surface area contributed by atoms with E-state index in [0.29, 0.717) is 17.9 Å². The highest BCUT2D eigenvalue weighted by molar-refractivity contribution is 6.30. The third-order valence-corrected chi connectivity index (χ3v) is 4.53. The summed E-state index contributed by atoms with van der Waals surface area (Å²) < 4.78 is 0. The quantitative estimate of drug-likeness (QED) is 0.878. The van der Waals surface area contributed by atoms with Crippen LogP contribution in [0.4, 0.5) is 0 Å². The average molecular weight is 309 g/mol. The van der Waals surface area contributed by atoms with Crippen LogP contribution < -0.4 is 10.6 Å². The van der Waals surface area contributed by atoms with Crippen LogP contribution in [0.3, 0.4) is 0 Å². The zero-order valence-corrected chi connectivity index (χ0v) is 13.2. The lowest BCUT2D eigenvalue weighted by molar-refractivity contribution is -0.127. The number of hydrogen-bond donors (Lipinski definition) is 2. The average Bonchev–Trinajstić information content (AvgIpc) is 2.92. The van der Waals surface area contributed by atoms with Crippen molar-refractivity contribution in [1.82, 2.24) is 10.6 Å². The molecule has 0 saturated carbocycles. The maximum absolute atomic E-state index is 12.4. The molecule has 0 aromatic heterocycles. The van der Waals surface area contributed by atoms with Crippen molar-refractivity contribution in [2.45, 2.75) is 51.1 Å². The second kappa shape index (κ2) is 6.48. The molecule has 1 saturated heterocycles. The number of carbonyl (C=O) groups excluding carboxylic acids is 2. The van der Waals surface area contributed by atoms with Crippen LogP contribution in [0.1, 0.15) is 45.1 Å². The third kappa shape index (κ3) is 3.38. The van der Waals surface area contributed by atoms with Crippen molar-refractivity contribution in [3.05, 3.63) is 34.9 Å². The number of amides is 2. The molecular weight excluding hydrogens is 288 g/mol. The Morgan fingerprint density at radius 3 is 2.43 bits per heavy atom. The first-order valence-corrected chi connectivity index (χ1v) is 7.76. The highest BCUT2D eigenvalue weighted by Gasteiger charge is 2.35. The number of rotatable bonds is 5. The topological polar surface area (TPSA) is 58.2 Å². The van der Waals surface area contributed by atoms with Gasteiger partial charge in [0.1, 0.15) is 6.04 Å². The molecule has 1 heterocycles. The van der Waals surface area contributed by atoms with Crippen LogP contribution in [0.5, 0.6) is 0 Å². The van der Waals surface area contributed by atoms with E-state index in [9.17, 15) is 9.59 Å². The van der Waals surface area contributed by atoms with Crippen LogP contribution in [0.15, 0.2) is 24.3 Å². The van der Waals surface area contributed by atoms with E-state index in [1.165, 1.54) is 0 Å². The molecule has 1 fully saturated rings. The Bertz CT molecular complexity index is 524. The summed E-state index contributed by atoms with van der Waals surface area (Å²) in [6, 6.07) is 7.15. The molecule has 1 atom stereocenters. The van der Waals surface area contributed by atoms with Crippen molar-refractivity contribution >= 4 is 23.4 Å². The number of hydrogen-bond acceptors (Lipinski definition) is 2. The standard InChI is InChI=1S/C16H21ClN2O2/c1-3-16(4-2,11-5-7-12(17)8-6-11)19-15(21)13-9-10-14(20)18-13/h5-8,13H,3-4,9-10H2,1-2H3,(H,18,20)(H,19,21)/t13-/m1/s1. The fourth-order valence-electron chi connectivity index (χ4n) is 2.81. The van der Waals surface area contributed by atoms with E-state index in [-0.39, 0.29) is 11.8 Å². The van der Waals surface area contributed by atoms with E-state index >= 15 is 0 Å². The number of carbonyl (C=O) groups is 2. The van der Waals surface area contributed by atoms with Crippen molar-refractivity contribution in [1.29, 1.82) is 0 Å². The summed E-state index contributed by atoms with van der Waals surface area (Å²) in [5.41, 5.74) is 0.615. The molecule has 21 heavy (non-hydrogen) atoms. The minimum Gasteiger partial charge on any atom is -0.345 e. The summed E-state index contributed by atoms with van der Waals surface area (Å²) >= 11 is 5.94. The molecule has 0 radical (unpaired) electrons. The predicted octanol–water partition coefficient (Wildman–Crippen LogP) is 2.75. The number of halogens is 1. The van der Waals surface area contributed by atoms with Crippen LogP contribution in [0.25, 0.3) is 0 Å². The molecule has 0 unspecified atom stereocenters. The molecule has 1 aromatic carbocycles. The van der Waals surface area contributed by atoms with Gasteiger partial charge < -0.3 is 10.6 Å². The molecule has 0 aliphatic carbocycles. The lowest BCUT2D eigenvalue weighted by Gasteiger charge is -2.34. The van der Waals surface area contributed by atoms with Gasteiger partial charge in [-0.25, -0.2) is 0 Å². The molecule has 0 bridgehead atoms. The predicted molar refractivity (Wildman–Crippen MR) is 83.0 cm³/mol. The maximum atomic E-state index is 12.4. The van der Waals surface area contributed by atoms with E-state index < -0.39 is 11.6 Å². The lowest BCUT2D eigenvalue weighted by Crippen LogP contribution is -2.51. The van der Waals surface area contributed by atoms with Gasteiger partial charge in [-0.1, -0.05) is 37.6 Å². The van der Waals surface area contributed by atoms with Crippen molar-refractivity contribution in [3.8, 4) is 0 Å². The zero-order valence-electron chi connectivity index (χ0n) is 12.4. The van der Waals surface area contributed by atoms with Gasteiger partial charge in [-0.2, -0.15) is 0 Å². The second-order valence-corrected chi connectivity index (χ2v) is 5.88. The summed E-state index contributed by atoms with van der Waals surface area (Å²) in [6.07, 6.45) is 2.54. The molecule has 1 aliphatic rings. The van der Waals surface area contributed by atoms with Gasteiger partial charge in [0.15, 0.2) is 0 Å². The zero-order chi connectivity index (χ0) is 15.5. The van der Waals surface area contributed by atoms with E-state index in [0.717, 1.165) is 18.4 Å². The third-order valence-electron chi connectivity index (χ3n) is 4.28. The van der Waals surface area contributed by atoms with E-state index in [1.807, 2.05) is 38.1 Å². The van der Waals surface area contributed by atoms with Crippen LogP contribution >= 0.6 is 11.6 Å². The first-order valence-electron chi connectivity index (χ1n) is 7.38. The molecule has 2 rings (SSSR count). The van der Waals surface area contributed by atoms with Crippen molar-refractivity contribution < 1.29 is 9.59 Å². The van der Waals surface area contributed by atoms with Crippen LogP contribution in [0.2, 0.25) is 5.02 Å². The Balaban J connectivity index is 2.19. The van der Waals surface area contributed by atoms with Gasteiger partial charge in [0.2, 0.25) is 11.8 Å². The van der Waals surface area contributed by atoms with Crippen LogP contribution in [-0.4, -0.2) is 17.9 Å². The van der Waals surface area contributed by atoms with Gasteiger partial charge in [0, 0.05) is 11.4 Å². The molecule has 2 N–H and O–H groups in total. The molecule has 1 aromatic rings. The minimum absolute atomic E-state index is 0.0553. The molecular formula is C16H21ClN2O2. The molecule has 2 amide bonds. The molecule has 1 aliphatic heterocycles. The summed E-state index contributed by atoms with van der Waals surface area (Å²) in [4.78, 5) is 23.7. The maximum Gasteiger partial charge on any atom is 0.243 e. The van der Waals surface area contributed by atoms with Gasteiger partial charge >= 0.3 is 0 Å². The Morgan fingerprint density at radius 1 is 1.33 bits per heavy atom. The Kier molecular flexibility index (Phi) is 4.88. The Hall–Kier alpha value is -1.55. The van der Waals surface area contributed by atoms with Gasteiger partial charge in [0.05, 0.1) is 5.54 Å². The summed E-state index contributed by atoms with van der Waals surface area (Å²) in [5.74, 6) is -0.167. The first kappa shape index (κ1) is 15.8. The van der Waals surface area contributed by atoms with Crippen LogP contribution in [-0.2, 0) is 15.1 Å². The van der Waals surface area contributed by atoms with E-state index in [1.54, 1.807) is 0 Å². The van der Waals surface area contributed by atoms with Crippen molar-refractivity contribution in [3.63, 3.8) is 0 Å². The molecule has 4 nitrogen and oxygen atoms in total. The first-order chi connectivity index (χ1) is 10.0. The second-order valence-electron chi connectivity index (χ2n) is 5.44. The summed E-state index contributed by atoms with van der Waals surface area (Å²) in [5, 5.41) is 6.52. The van der Waals surface area contributed by atoms with Crippen LogP contribution in [0, 0.1) is 0 Å².